The Balaban J connectivity index is 2.40. The second-order valence-corrected chi connectivity index (χ2v) is 2.02. The summed E-state index contributed by atoms with van der Waals surface area (Å²) in [4.78, 5) is 0. The minimum absolute atomic E-state index is 0.974. The Morgan fingerprint density at radius 2 is 2.67 bits per heavy atom. The first-order valence-corrected chi connectivity index (χ1v) is 3.13. The van der Waals surface area contributed by atoms with Gasteiger partial charge >= 0.3 is 0 Å². The molecule has 0 radical (unpaired) electrons. The molecule has 9 heavy (non-hydrogen) atoms. The van der Waals surface area contributed by atoms with Crippen molar-refractivity contribution in [3.63, 3.8) is 0 Å². The number of rotatable bonds is 2. The minimum atomic E-state index is 0.974. The van der Waals surface area contributed by atoms with Crippen LogP contribution < -0.4 is 5.32 Å². The van der Waals surface area contributed by atoms with E-state index < -0.39 is 0 Å². The van der Waals surface area contributed by atoms with Gasteiger partial charge in [-0.15, -0.1) is 6.58 Å². The highest BCUT2D eigenvalue weighted by Crippen LogP contribution is 2.01. The summed E-state index contributed by atoms with van der Waals surface area (Å²) in [5.41, 5.74) is 1.36. The molecule has 0 saturated carbocycles. The van der Waals surface area contributed by atoms with Crippen molar-refractivity contribution < 1.29 is 0 Å². The molecule has 0 atom stereocenters. The summed E-state index contributed by atoms with van der Waals surface area (Å²) in [6.07, 6.45) is 9.10. The Labute approximate surface area is 55.8 Å². The van der Waals surface area contributed by atoms with Crippen LogP contribution in [0.15, 0.2) is 36.6 Å². The highest BCUT2D eigenvalue weighted by Gasteiger charge is 1.94. The molecule has 1 heterocycles. The van der Waals surface area contributed by atoms with Crippen molar-refractivity contribution in [1.29, 1.82) is 0 Å². The fraction of sp³-hybridized carbons (Fsp3) is 0.250. The Morgan fingerprint density at radius 1 is 1.78 bits per heavy atom. The lowest BCUT2D eigenvalue weighted by Gasteiger charge is -1.89. The molecule has 0 bridgehead atoms. The molecule has 0 aliphatic carbocycles. The van der Waals surface area contributed by atoms with Crippen LogP contribution >= 0.6 is 0 Å². The van der Waals surface area contributed by atoms with Gasteiger partial charge in [-0.3, -0.25) is 0 Å². The lowest BCUT2D eigenvalue weighted by atomic mass is 10.2. The third-order valence-electron chi connectivity index (χ3n) is 1.27. The van der Waals surface area contributed by atoms with E-state index in [2.05, 4.69) is 24.0 Å². The quantitative estimate of drug-likeness (QED) is 0.547. The minimum Gasteiger partial charge on any atom is -0.387 e. The molecule has 0 saturated heterocycles. The fourth-order valence-electron chi connectivity index (χ4n) is 0.777. The van der Waals surface area contributed by atoms with Gasteiger partial charge in [-0.25, -0.2) is 0 Å². The molecule has 1 N–H and O–H groups in total. The van der Waals surface area contributed by atoms with Crippen molar-refractivity contribution in [2.24, 2.45) is 0 Å². The van der Waals surface area contributed by atoms with Crippen LogP contribution in [0.4, 0.5) is 0 Å². The zero-order chi connectivity index (χ0) is 6.53. The number of allylic oxidation sites excluding steroid dienone is 2. The average molecular weight is 121 g/mol. The normalized spacial score (nSPS) is 20.2. The summed E-state index contributed by atoms with van der Waals surface area (Å²) in [6, 6.07) is 0. The zero-order valence-electron chi connectivity index (χ0n) is 5.43. The van der Waals surface area contributed by atoms with Crippen LogP contribution in [0.5, 0.6) is 0 Å². The standard InChI is InChI=1S/C8H11N/c1-2-3-4-8-5-6-9-7-8/h2,4-6,9H,1,3,7H2/b8-4-. The fourth-order valence-corrected chi connectivity index (χ4v) is 0.777. The molecular weight excluding hydrogens is 110 g/mol. The summed E-state index contributed by atoms with van der Waals surface area (Å²) >= 11 is 0. The predicted molar refractivity (Wildman–Crippen MR) is 40.0 cm³/mol. The molecule has 0 spiro atoms. The van der Waals surface area contributed by atoms with Crippen molar-refractivity contribution in [3.05, 3.63) is 36.6 Å². The highest BCUT2D eigenvalue weighted by molar-refractivity contribution is 5.25. The van der Waals surface area contributed by atoms with E-state index in [9.17, 15) is 0 Å². The van der Waals surface area contributed by atoms with Crippen LogP contribution in [0.3, 0.4) is 0 Å². The van der Waals surface area contributed by atoms with Gasteiger partial charge in [0.2, 0.25) is 0 Å². The zero-order valence-corrected chi connectivity index (χ0v) is 5.43. The molecule has 1 aliphatic rings. The average Bonchev–Trinajstić information content (AvgIpc) is 2.34. The molecule has 1 heteroatoms. The second kappa shape index (κ2) is 3.13. The largest absolute Gasteiger partial charge is 0.387 e. The van der Waals surface area contributed by atoms with Crippen molar-refractivity contribution in [2.75, 3.05) is 6.54 Å². The molecule has 0 fully saturated rings. The van der Waals surface area contributed by atoms with Crippen molar-refractivity contribution >= 4 is 0 Å². The van der Waals surface area contributed by atoms with Gasteiger partial charge in [0.05, 0.1) is 0 Å². The first-order chi connectivity index (χ1) is 4.43. The van der Waals surface area contributed by atoms with Gasteiger partial charge in [-0.05, 0) is 24.3 Å². The number of nitrogens with one attached hydrogen (secondary N) is 1. The van der Waals surface area contributed by atoms with E-state index >= 15 is 0 Å². The lowest BCUT2D eigenvalue weighted by Crippen LogP contribution is -1.99. The van der Waals surface area contributed by atoms with Crippen molar-refractivity contribution in [2.45, 2.75) is 6.42 Å². The first kappa shape index (κ1) is 6.14. The van der Waals surface area contributed by atoms with Crippen molar-refractivity contribution in [1.82, 2.24) is 5.32 Å². The Kier molecular flexibility index (Phi) is 2.13. The smallest absolute Gasteiger partial charge is 0.0392 e. The van der Waals surface area contributed by atoms with Crippen LogP contribution in [0.2, 0.25) is 0 Å². The Morgan fingerprint density at radius 3 is 3.22 bits per heavy atom. The summed E-state index contributed by atoms with van der Waals surface area (Å²) in [6.45, 7) is 4.61. The van der Waals surface area contributed by atoms with E-state index in [1.165, 1.54) is 5.57 Å². The molecule has 1 aliphatic heterocycles. The van der Waals surface area contributed by atoms with Gasteiger partial charge in [0.1, 0.15) is 0 Å². The molecule has 48 valence electrons. The Bertz CT molecular complexity index is 154. The van der Waals surface area contributed by atoms with Crippen LogP contribution in [0, 0.1) is 0 Å². The molecule has 1 rings (SSSR count). The Hall–Kier alpha value is -0.980. The maximum Gasteiger partial charge on any atom is 0.0392 e. The number of hydrogen-bond donors (Lipinski definition) is 1. The summed E-state index contributed by atoms with van der Waals surface area (Å²) in [5.74, 6) is 0. The highest BCUT2D eigenvalue weighted by atomic mass is 14.8. The van der Waals surface area contributed by atoms with Gasteiger partial charge < -0.3 is 5.32 Å². The van der Waals surface area contributed by atoms with Gasteiger partial charge in [-0.1, -0.05) is 12.2 Å². The van der Waals surface area contributed by atoms with E-state index in [4.69, 9.17) is 0 Å². The molecule has 0 unspecified atom stereocenters. The molecular formula is C8H11N. The summed E-state index contributed by atoms with van der Waals surface area (Å²) in [7, 11) is 0. The molecule has 1 nitrogen and oxygen atoms in total. The van der Waals surface area contributed by atoms with E-state index in [0.29, 0.717) is 0 Å². The maximum absolute atomic E-state index is 3.63. The van der Waals surface area contributed by atoms with Gasteiger partial charge in [0, 0.05) is 6.54 Å². The first-order valence-electron chi connectivity index (χ1n) is 3.13. The van der Waals surface area contributed by atoms with Gasteiger partial charge in [-0.2, -0.15) is 0 Å². The third kappa shape index (κ3) is 1.76. The maximum atomic E-state index is 3.63. The third-order valence-corrected chi connectivity index (χ3v) is 1.27. The van der Waals surface area contributed by atoms with Crippen LogP contribution in [0.1, 0.15) is 6.42 Å². The molecule has 0 aromatic rings. The summed E-state index contributed by atoms with van der Waals surface area (Å²) < 4.78 is 0. The van der Waals surface area contributed by atoms with Crippen molar-refractivity contribution in [3.8, 4) is 0 Å². The molecule has 0 aromatic carbocycles. The monoisotopic (exact) mass is 121 g/mol. The topological polar surface area (TPSA) is 12.0 Å². The molecule has 0 aromatic heterocycles. The van der Waals surface area contributed by atoms with E-state index in [1.54, 1.807) is 0 Å². The van der Waals surface area contributed by atoms with Crippen LogP contribution in [-0.2, 0) is 0 Å². The van der Waals surface area contributed by atoms with Gasteiger partial charge in [0.25, 0.3) is 0 Å². The second-order valence-electron chi connectivity index (χ2n) is 2.02. The van der Waals surface area contributed by atoms with E-state index in [-0.39, 0.29) is 0 Å². The van der Waals surface area contributed by atoms with Crippen LogP contribution in [0.25, 0.3) is 0 Å². The van der Waals surface area contributed by atoms with Gasteiger partial charge in [0.15, 0.2) is 0 Å². The van der Waals surface area contributed by atoms with E-state index in [1.807, 2.05) is 12.3 Å². The van der Waals surface area contributed by atoms with Crippen LogP contribution in [-0.4, -0.2) is 6.54 Å². The van der Waals surface area contributed by atoms with E-state index in [0.717, 1.165) is 13.0 Å². The molecule has 0 amide bonds. The number of hydrogen-bond acceptors (Lipinski definition) is 1. The SMILES string of the molecule is C=CC/C=C1/C=CNC1. The lowest BCUT2D eigenvalue weighted by molar-refractivity contribution is 1.00. The predicted octanol–water partition coefficient (Wildman–Crippen LogP) is 1.61. The summed E-state index contributed by atoms with van der Waals surface area (Å²) in [5, 5.41) is 3.10.